The molecule has 0 saturated heterocycles. The van der Waals surface area contributed by atoms with Crippen molar-refractivity contribution in [2.24, 2.45) is 0 Å². The van der Waals surface area contributed by atoms with Crippen molar-refractivity contribution in [3.05, 3.63) is 24.3 Å². The topological polar surface area (TPSA) is 41.5 Å². The number of halogens is 1. The van der Waals surface area contributed by atoms with Crippen LogP contribution in [0.4, 0.5) is 5.69 Å². The van der Waals surface area contributed by atoms with Gasteiger partial charge in [-0.25, -0.2) is 0 Å². The first-order valence-corrected chi connectivity index (χ1v) is 7.50. The van der Waals surface area contributed by atoms with E-state index in [1.807, 2.05) is 24.3 Å². The van der Waals surface area contributed by atoms with Gasteiger partial charge in [-0.2, -0.15) is 0 Å². The third-order valence-electron chi connectivity index (χ3n) is 2.82. The second-order valence-corrected chi connectivity index (χ2v) is 4.93. The van der Waals surface area contributed by atoms with Gasteiger partial charge in [-0.1, -0.05) is 32.3 Å². The average molecular weight is 286 g/mol. The molecule has 108 valence electrons. The van der Waals surface area contributed by atoms with E-state index in [2.05, 4.69) is 12.2 Å². The smallest absolute Gasteiger partial charge is 0.121 e. The third kappa shape index (κ3) is 7.28. The molecular formula is C15H24ClNO2. The van der Waals surface area contributed by atoms with Gasteiger partial charge in [0.1, 0.15) is 5.75 Å². The van der Waals surface area contributed by atoms with Gasteiger partial charge in [0.05, 0.1) is 18.6 Å². The lowest BCUT2D eigenvalue weighted by atomic mass is 10.2. The van der Waals surface area contributed by atoms with E-state index >= 15 is 0 Å². The Bertz CT molecular complexity index is 347. The summed E-state index contributed by atoms with van der Waals surface area (Å²) in [4.78, 5) is 0. The van der Waals surface area contributed by atoms with Crippen LogP contribution >= 0.6 is 11.6 Å². The number of unbranched alkanes of at least 4 members (excludes halogenated alkanes) is 3. The van der Waals surface area contributed by atoms with E-state index in [9.17, 15) is 5.11 Å². The summed E-state index contributed by atoms with van der Waals surface area (Å²) in [6.07, 6.45) is 4.29. The van der Waals surface area contributed by atoms with Crippen molar-refractivity contribution in [1.29, 1.82) is 0 Å². The second-order valence-electron chi connectivity index (χ2n) is 4.63. The van der Waals surface area contributed by atoms with Crippen LogP contribution in [-0.4, -0.2) is 30.2 Å². The maximum absolute atomic E-state index is 9.39. The van der Waals surface area contributed by atoms with E-state index in [0.717, 1.165) is 24.5 Å². The van der Waals surface area contributed by atoms with Gasteiger partial charge in [-0.15, -0.1) is 11.6 Å². The minimum atomic E-state index is -0.528. The summed E-state index contributed by atoms with van der Waals surface area (Å²) in [5.41, 5.74) is 0.940. The highest BCUT2D eigenvalue weighted by Crippen LogP contribution is 2.17. The van der Waals surface area contributed by atoms with Gasteiger partial charge in [0.2, 0.25) is 0 Å². The average Bonchev–Trinajstić information content (AvgIpc) is 2.45. The van der Waals surface area contributed by atoms with Crippen LogP contribution in [0.3, 0.4) is 0 Å². The molecule has 0 radical (unpaired) electrons. The highest BCUT2D eigenvalue weighted by molar-refractivity contribution is 6.18. The van der Waals surface area contributed by atoms with Gasteiger partial charge < -0.3 is 15.2 Å². The summed E-state index contributed by atoms with van der Waals surface area (Å²) in [5.74, 6) is 1.10. The molecule has 0 heterocycles. The molecule has 4 heteroatoms. The lowest BCUT2D eigenvalue weighted by Gasteiger charge is -2.11. The quantitative estimate of drug-likeness (QED) is 0.509. The Balaban J connectivity index is 2.31. The molecule has 0 spiro atoms. The largest absolute Gasteiger partial charge is 0.494 e. The van der Waals surface area contributed by atoms with Crippen LogP contribution in [0.1, 0.15) is 32.6 Å². The van der Waals surface area contributed by atoms with Gasteiger partial charge in [0.15, 0.2) is 0 Å². The fourth-order valence-electron chi connectivity index (χ4n) is 1.70. The zero-order chi connectivity index (χ0) is 13.9. The Morgan fingerprint density at radius 2 is 2.16 bits per heavy atom. The molecule has 1 rings (SSSR count). The summed E-state index contributed by atoms with van der Waals surface area (Å²) in [6, 6.07) is 7.78. The van der Waals surface area contributed by atoms with Crippen molar-refractivity contribution in [1.82, 2.24) is 0 Å². The van der Waals surface area contributed by atoms with E-state index in [0.29, 0.717) is 6.54 Å². The summed E-state index contributed by atoms with van der Waals surface area (Å²) in [5, 5.41) is 12.5. The van der Waals surface area contributed by atoms with E-state index in [1.54, 1.807) is 0 Å². The molecule has 0 aromatic heterocycles. The Kier molecular flexibility index (Phi) is 8.43. The summed E-state index contributed by atoms with van der Waals surface area (Å²) in [6.45, 7) is 3.41. The van der Waals surface area contributed by atoms with Gasteiger partial charge in [-0.3, -0.25) is 0 Å². The lowest BCUT2D eigenvalue weighted by Crippen LogP contribution is -2.20. The Labute approximate surface area is 120 Å². The molecule has 1 unspecified atom stereocenters. The summed E-state index contributed by atoms with van der Waals surface area (Å²) in [7, 11) is 0. The molecule has 19 heavy (non-hydrogen) atoms. The zero-order valence-electron chi connectivity index (χ0n) is 11.6. The zero-order valence-corrected chi connectivity index (χ0v) is 12.3. The minimum absolute atomic E-state index is 0.237. The number of hydrogen-bond donors (Lipinski definition) is 2. The molecule has 0 bridgehead atoms. The van der Waals surface area contributed by atoms with Gasteiger partial charge in [0, 0.05) is 18.3 Å². The minimum Gasteiger partial charge on any atom is -0.494 e. The van der Waals surface area contributed by atoms with Crippen LogP contribution in [0.25, 0.3) is 0 Å². The summed E-state index contributed by atoms with van der Waals surface area (Å²) >= 11 is 5.54. The monoisotopic (exact) mass is 285 g/mol. The van der Waals surface area contributed by atoms with Crippen molar-refractivity contribution in [2.45, 2.75) is 38.7 Å². The predicted octanol–water partition coefficient (Wildman–Crippen LogP) is 3.66. The number of nitrogens with one attached hydrogen (secondary N) is 1. The molecule has 0 aliphatic carbocycles. The Morgan fingerprint density at radius 3 is 2.89 bits per heavy atom. The normalized spacial score (nSPS) is 12.2. The first kappa shape index (κ1) is 16.1. The van der Waals surface area contributed by atoms with Gasteiger partial charge in [0.25, 0.3) is 0 Å². The number of ether oxygens (including phenoxy) is 1. The van der Waals surface area contributed by atoms with Crippen LogP contribution in [0.5, 0.6) is 5.75 Å². The second kappa shape index (κ2) is 9.93. The van der Waals surface area contributed by atoms with Crippen LogP contribution in [0, 0.1) is 0 Å². The summed E-state index contributed by atoms with van der Waals surface area (Å²) < 4.78 is 5.70. The number of aliphatic hydroxyl groups is 1. The molecule has 2 N–H and O–H groups in total. The number of aliphatic hydroxyl groups excluding tert-OH is 1. The van der Waals surface area contributed by atoms with E-state index in [1.165, 1.54) is 19.3 Å². The number of alkyl halides is 1. The van der Waals surface area contributed by atoms with Crippen LogP contribution < -0.4 is 10.1 Å². The first-order chi connectivity index (χ1) is 9.26. The van der Waals surface area contributed by atoms with Crippen molar-refractivity contribution in [2.75, 3.05) is 24.3 Å². The fraction of sp³-hybridized carbons (Fsp3) is 0.600. The lowest BCUT2D eigenvalue weighted by molar-refractivity contribution is 0.211. The molecule has 1 aromatic carbocycles. The fourth-order valence-corrected chi connectivity index (χ4v) is 1.81. The van der Waals surface area contributed by atoms with Gasteiger partial charge in [-0.05, 0) is 18.6 Å². The number of anilines is 1. The SMILES string of the molecule is CCCCCCOc1cccc(NCC(O)CCl)c1. The molecule has 0 saturated carbocycles. The molecule has 1 aromatic rings. The van der Waals surface area contributed by atoms with Crippen LogP contribution in [0.2, 0.25) is 0 Å². The number of benzene rings is 1. The molecular weight excluding hydrogens is 262 g/mol. The highest BCUT2D eigenvalue weighted by atomic mass is 35.5. The van der Waals surface area contributed by atoms with Crippen molar-refractivity contribution >= 4 is 17.3 Å². The van der Waals surface area contributed by atoms with Crippen LogP contribution in [-0.2, 0) is 0 Å². The first-order valence-electron chi connectivity index (χ1n) is 6.97. The molecule has 0 aliphatic rings. The standard InChI is InChI=1S/C15H24ClNO2/c1-2-3-4-5-9-19-15-8-6-7-13(10-15)17-12-14(18)11-16/h6-8,10,14,17-18H,2-5,9,11-12H2,1H3. The number of hydrogen-bond acceptors (Lipinski definition) is 3. The molecule has 3 nitrogen and oxygen atoms in total. The van der Waals surface area contributed by atoms with E-state index in [4.69, 9.17) is 16.3 Å². The molecule has 1 atom stereocenters. The van der Waals surface area contributed by atoms with E-state index < -0.39 is 6.10 Å². The number of rotatable bonds is 10. The molecule has 0 amide bonds. The predicted molar refractivity (Wildman–Crippen MR) is 81.3 cm³/mol. The molecule has 0 fully saturated rings. The molecule has 0 aliphatic heterocycles. The Hall–Kier alpha value is -0.930. The highest BCUT2D eigenvalue weighted by Gasteiger charge is 2.02. The van der Waals surface area contributed by atoms with Crippen molar-refractivity contribution in [3.63, 3.8) is 0 Å². The maximum Gasteiger partial charge on any atom is 0.121 e. The van der Waals surface area contributed by atoms with Crippen molar-refractivity contribution < 1.29 is 9.84 Å². The third-order valence-corrected chi connectivity index (χ3v) is 3.18. The Morgan fingerprint density at radius 1 is 1.32 bits per heavy atom. The van der Waals surface area contributed by atoms with Crippen molar-refractivity contribution in [3.8, 4) is 5.75 Å². The van der Waals surface area contributed by atoms with Gasteiger partial charge >= 0.3 is 0 Å². The van der Waals surface area contributed by atoms with E-state index in [-0.39, 0.29) is 5.88 Å². The maximum atomic E-state index is 9.39. The van der Waals surface area contributed by atoms with Crippen LogP contribution in [0.15, 0.2) is 24.3 Å².